The summed E-state index contributed by atoms with van der Waals surface area (Å²) in [4.78, 5) is 22.2. The van der Waals surface area contributed by atoms with Gasteiger partial charge in [-0.3, -0.25) is 4.79 Å². The lowest BCUT2D eigenvalue weighted by molar-refractivity contribution is -0.116. The number of benzene rings is 1. The molecule has 0 saturated carbocycles. The molecule has 1 amide bonds. The van der Waals surface area contributed by atoms with Crippen LogP contribution in [0.5, 0.6) is 0 Å². The topological polar surface area (TPSA) is 92.4 Å². The first-order valence-corrected chi connectivity index (χ1v) is 5.48. The normalized spacial score (nSPS) is 11.9. The molecule has 98 valence electrons. The number of carbonyl (C=O) groups is 2. The van der Waals surface area contributed by atoms with E-state index in [4.69, 9.17) is 10.8 Å². The quantitative estimate of drug-likeness (QED) is 0.744. The summed E-state index contributed by atoms with van der Waals surface area (Å²) in [6.07, 6.45) is 0.639. The molecule has 4 N–H and O–H groups in total. The highest BCUT2D eigenvalue weighted by Gasteiger charge is 2.11. The van der Waals surface area contributed by atoms with Gasteiger partial charge in [0.15, 0.2) is 0 Å². The molecule has 0 radical (unpaired) electrons. The van der Waals surface area contributed by atoms with E-state index in [1.54, 1.807) is 6.92 Å². The van der Waals surface area contributed by atoms with Gasteiger partial charge in [0.05, 0.1) is 11.3 Å². The van der Waals surface area contributed by atoms with Crippen LogP contribution in [0.1, 0.15) is 30.1 Å². The summed E-state index contributed by atoms with van der Waals surface area (Å²) in [7, 11) is 0. The van der Waals surface area contributed by atoms with E-state index in [0.29, 0.717) is 6.42 Å². The fourth-order valence-electron chi connectivity index (χ4n) is 1.33. The van der Waals surface area contributed by atoms with Gasteiger partial charge < -0.3 is 16.2 Å². The van der Waals surface area contributed by atoms with Crippen molar-refractivity contribution in [2.45, 2.75) is 25.8 Å². The molecular weight excluding hydrogens is 239 g/mol. The van der Waals surface area contributed by atoms with E-state index in [2.05, 4.69) is 5.32 Å². The van der Waals surface area contributed by atoms with E-state index in [-0.39, 0.29) is 23.7 Å². The highest BCUT2D eigenvalue weighted by molar-refractivity contribution is 5.94. The van der Waals surface area contributed by atoms with Gasteiger partial charge in [-0.2, -0.15) is 0 Å². The highest BCUT2D eigenvalue weighted by atomic mass is 19.1. The van der Waals surface area contributed by atoms with E-state index in [1.165, 1.54) is 0 Å². The second kappa shape index (κ2) is 6.11. The van der Waals surface area contributed by atoms with Gasteiger partial charge in [-0.15, -0.1) is 0 Å². The number of carboxylic acids is 1. The van der Waals surface area contributed by atoms with Crippen LogP contribution in [0.3, 0.4) is 0 Å². The summed E-state index contributed by atoms with van der Waals surface area (Å²) >= 11 is 0. The Balaban J connectivity index is 2.74. The van der Waals surface area contributed by atoms with Gasteiger partial charge in [0, 0.05) is 12.5 Å². The number of nitrogens with two attached hydrogens (primary N) is 1. The number of amides is 1. The molecule has 5 nitrogen and oxygen atoms in total. The van der Waals surface area contributed by atoms with Crippen LogP contribution in [0.25, 0.3) is 0 Å². The van der Waals surface area contributed by atoms with E-state index >= 15 is 0 Å². The SMILES string of the molecule is CC(N)CCC(=O)Nc1cc(C(=O)O)ccc1F. The largest absolute Gasteiger partial charge is 0.478 e. The molecule has 18 heavy (non-hydrogen) atoms. The molecule has 0 heterocycles. The van der Waals surface area contributed by atoms with Crippen LogP contribution in [-0.2, 0) is 4.79 Å². The van der Waals surface area contributed by atoms with E-state index < -0.39 is 17.7 Å². The summed E-state index contributed by atoms with van der Waals surface area (Å²) in [5.74, 6) is -2.25. The molecule has 1 aromatic carbocycles. The number of carboxylic acid groups (broad SMARTS) is 1. The van der Waals surface area contributed by atoms with Gasteiger partial charge in [0.2, 0.25) is 5.91 Å². The predicted molar refractivity (Wildman–Crippen MR) is 64.9 cm³/mol. The van der Waals surface area contributed by atoms with Gasteiger partial charge in [-0.05, 0) is 31.5 Å². The Kier molecular flexibility index (Phi) is 4.79. The van der Waals surface area contributed by atoms with Crippen molar-refractivity contribution in [2.24, 2.45) is 5.73 Å². The molecule has 1 atom stereocenters. The zero-order valence-electron chi connectivity index (χ0n) is 9.94. The first-order valence-electron chi connectivity index (χ1n) is 5.48. The Hall–Kier alpha value is -1.95. The fraction of sp³-hybridized carbons (Fsp3) is 0.333. The molecule has 0 bridgehead atoms. The van der Waals surface area contributed by atoms with Gasteiger partial charge >= 0.3 is 5.97 Å². The van der Waals surface area contributed by atoms with Crippen molar-refractivity contribution in [3.63, 3.8) is 0 Å². The molecule has 1 rings (SSSR count). The molecule has 6 heteroatoms. The van der Waals surface area contributed by atoms with Crippen molar-refractivity contribution >= 4 is 17.6 Å². The lowest BCUT2D eigenvalue weighted by Gasteiger charge is -2.08. The van der Waals surface area contributed by atoms with Crippen LogP contribution in [-0.4, -0.2) is 23.0 Å². The van der Waals surface area contributed by atoms with Crippen molar-refractivity contribution in [1.29, 1.82) is 0 Å². The number of nitrogens with one attached hydrogen (secondary N) is 1. The third-order valence-electron chi connectivity index (χ3n) is 2.31. The Morgan fingerprint density at radius 3 is 2.72 bits per heavy atom. The Bertz CT molecular complexity index is 461. The molecule has 0 aliphatic heterocycles. The number of hydrogen-bond donors (Lipinski definition) is 3. The number of rotatable bonds is 5. The molecule has 1 unspecified atom stereocenters. The summed E-state index contributed by atoms with van der Waals surface area (Å²) in [5.41, 5.74) is 5.28. The zero-order valence-corrected chi connectivity index (χ0v) is 9.94. The van der Waals surface area contributed by atoms with Gasteiger partial charge in [0.25, 0.3) is 0 Å². The van der Waals surface area contributed by atoms with E-state index in [1.807, 2.05) is 0 Å². The number of anilines is 1. The number of halogens is 1. The van der Waals surface area contributed by atoms with Crippen LogP contribution in [0.2, 0.25) is 0 Å². The van der Waals surface area contributed by atoms with Crippen LogP contribution in [0, 0.1) is 5.82 Å². The van der Waals surface area contributed by atoms with E-state index in [0.717, 1.165) is 18.2 Å². The smallest absolute Gasteiger partial charge is 0.335 e. The molecular formula is C12H15FN2O3. The van der Waals surface area contributed by atoms with Gasteiger partial charge in [-0.25, -0.2) is 9.18 Å². The maximum absolute atomic E-state index is 13.4. The number of carbonyl (C=O) groups excluding carboxylic acids is 1. The molecule has 0 saturated heterocycles. The maximum Gasteiger partial charge on any atom is 0.335 e. The highest BCUT2D eigenvalue weighted by Crippen LogP contribution is 2.16. The maximum atomic E-state index is 13.4. The lowest BCUT2D eigenvalue weighted by Crippen LogP contribution is -2.20. The van der Waals surface area contributed by atoms with Crippen molar-refractivity contribution in [2.75, 3.05) is 5.32 Å². The second-order valence-corrected chi connectivity index (χ2v) is 4.06. The predicted octanol–water partition coefficient (Wildman–Crippen LogP) is 1.59. The Morgan fingerprint density at radius 1 is 1.50 bits per heavy atom. The van der Waals surface area contributed by atoms with Crippen LogP contribution in [0.4, 0.5) is 10.1 Å². The third-order valence-corrected chi connectivity index (χ3v) is 2.31. The van der Waals surface area contributed by atoms with Crippen molar-refractivity contribution < 1.29 is 19.1 Å². The fourth-order valence-corrected chi connectivity index (χ4v) is 1.33. The summed E-state index contributed by atoms with van der Waals surface area (Å²) < 4.78 is 13.4. The monoisotopic (exact) mass is 254 g/mol. The number of aromatic carboxylic acids is 1. The molecule has 1 aromatic rings. The number of hydrogen-bond acceptors (Lipinski definition) is 3. The average molecular weight is 254 g/mol. The van der Waals surface area contributed by atoms with Crippen molar-refractivity contribution in [3.05, 3.63) is 29.6 Å². The molecule has 0 aliphatic carbocycles. The van der Waals surface area contributed by atoms with Crippen LogP contribution in [0.15, 0.2) is 18.2 Å². The van der Waals surface area contributed by atoms with Crippen molar-refractivity contribution in [1.82, 2.24) is 0 Å². The third kappa shape index (κ3) is 4.14. The second-order valence-electron chi connectivity index (χ2n) is 4.06. The minimum Gasteiger partial charge on any atom is -0.478 e. The zero-order chi connectivity index (χ0) is 13.7. The minimum absolute atomic E-state index is 0.0844. The van der Waals surface area contributed by atoms with Crippen molar-refractivity contribution in [3.8, 4) is 0 Å². The molecule has 0 aromatic heterocycles. The first-order chi connectivity index (χ1) is 8.40. The standard InChI is InChI=1S/C12H15FN2O3/c1-7(14)2-5-11(16)15-10-6-8(12(17)18)3-4-9(10)13/h3-4,6-7H,2,5,14H2,1H3,(H,15,16)(H,17,18). The summed E-state index contributed by atoms with van der Waals surface area (Å²) in [5, 5.41) is 11.1. The molecule has 0 aliphatic rings. The Morgan fingerprint density at radius 2 is 2.17 bits per heavy atom. The van der Waals surface area contributed by atoms with E-state index in [9.17, 15) is 14.0 Å². The van der Waals surface area contributed by atoms with Crippen LogP contribution < -0.4 is 11.1 Å². The van der Waals surface area contributed by atoms with Gasteiger partial charge in [-0.1, -0.05) is 0 Å². The van der Waals surface area contributed by atoms with Gasteiger partial charge in [0.1, 0.15) is 5.82 Å². The Labute approximate surface area is 104 Å². The molecule has 0 spiro atoms. The van der Waals surface area contributed by atoms with Crippen LogP contribution >= 0.6 is 0 Å². The minimum atomic E-state index is -1.18. The first kappa shape index (κ1) is 14.1. The molecule has 0 fully saturated rings. The average Bonchev–Trinajstić information content (AvgIpc) is 2.29. The summed E-state index contributed by atoms with van der Waals surface area (Å²) in [6, 6.07) is 3.10. The lowest BCUT2D eigenvalue weighted by atomic mass is 10.1. The summed E-state index contributed by atoms with van der Waals surface area (Å²) in [6.45, 7) is 1.76.